The third-order valence-corrected chi connectivity index (χ3v) is 2.32. The summed E-state index contributed by atoms with van der Waals surface area (Å²) in [6.45, 7) is 1.95. The number of hydrogen-bond acceptors (Lipinski definition) is 2. The van der Waals surface area contributed by atoms with E-state index in [4.69, 9.17) is 5.11 Å². The normalized spacial score (nSPS) is 27.1. The van der Waals surface area contributed by atoms with Gasteiger partial charge in [0.25, 0.3) is 0 Å². The molecule has 0 saturated carbocycles. The summed E-state index contributed by atoms with van der Waals surface area (Å²) in [4.78, 5) is 12.6. The number of aliphatic carboxylic acids is 1. The fraction of sp³-hybridized carbons (Fsp3) is 0.833. The minimum atomic E-state index is -0.735. The third-order valence-electron chi connectivity index (χ3n) is 1.57. The first kappa shape index (κ1) is 8.01. The number of carboxylic acid groups (broad SMARTS) is 1. The highest BCUT2D eigenvalue weighted by atomic mass is 79.9. The number of halogens is 1. The summed E-state index contributed by atoms with van der Waals surface area (Å²) < 4.78 is 0. The maximum absolute atomic E-state index is 10.2. The van der Waals surface area contributed by atoms with Gasteiger partial charge in [0.1, 0.15) is 0 Å². The molecule has 1 fully saturated rings. The molecule has 0 aromatic carbocycles. The summed E-state index contributed by atoms with van der Waals surface area (Å²) in [5.41, 5.74) is 0. The van der Waals surface area contributed by atoms with Crippen LogP contribution >= 0.6 is 15.9 Å². The molecule has 1 rings (SSSR count). The summed E-state index contributed by atoms with van der Waals surface area (Å²) in [6.07, 6.45) is 1.06. The van der Waals surface area contributed by atoms with Crippen LogP contribution in [0.4, 0.5) is 0 Å². The zero-order valence-corrected chi connectivity index (χ0v) is 7.17. The molecular formula is C6H10BrNO2. The van der Waals surface area contributed by atoms with E-state index in [0.29, 0.717) is 4.83 Å². The predicted molar refractivity (Wildman–Crippen MR) is 41.4 cm³/mol. The molecular weight excluding hydrogens is 198 g/mol. The highest BCUT2D eigenvalue weighted by Crippen LogP contribution is 2.15. The van der Waals surface area contributed by atoms with E-state index < -0.39 is 5.97 Å². The number of alkyl halides is 1. The van der Waals surface area contributed by atoms with Crippen molar-refractivity contribution in [3.8, 4) is 0 Å². The molecule has 1 saturated heterocycles. The second kappa shape index (κ2) is 3.34. The smallest absolute Gasteiger partial charge is 0.317 e. The summed E-state index contributed by atoms with van der Waals surface area (Å²) in [7, 11) is 0. The highest BCUT2D eigenvalue weighted by Gasteiger charge is 2.20. The van der Waals surface area contributed by atoms with Crippen molar-refractivity contribution in [2.24, 2.45) is 0 Å². The minimum Gasteiger partial charge on any atom is -0.480 e. The first-order valence-electron chi connectivity index (χ1n) is 3.26. The van der Waals surface area contributed by atoms with Gasteiger partial charge in [0, 0.05) is 11.4 Å². The number of carboxylic acids is 1. The lowest BCUT2D eigenvalue weighted by molar-refractivity contribution is -0.138. The first-order chi connectivity index (χ1) is 4.68. The number of nitrogens with zero attached hydrogens (tertiary/aromatic N) is 1. The molecule has 0 bridgehead atoms. The van der Waals surface area contributed by atoms with Gasteiger partial charge in [-0.1, -0.05) is 15.9 Å². The van der Waals surface area contributed by atoms with Crippen molar-refractivity contribution in [3.63, 3.8) is 0 Å². The molecule has 0 radical (unpaired) electrons. The molecule has 0 aromatic rings. The second-order valence-corrected chi connectivity index (χ2v) is 3.81. The van der Waals surface area contributed by atoms with Gasteiger partial charge in [0.2, 0.25) is 0 Å². The molecule has 0 amide bonds. The summed E-state index contributed by atoms with van der Waals surface area (Å²) in [6, 6.07) is 0. The largest absolute Gasteiger partial charge is 0.480 e. The van der Waals surface area contributed by atoms with Crippen LogP contribution in [0.2, 0.25) is 0 Å². The Labute approximate surface area is 68.1 Å². The van der Waals surface area contributed by atoms with Crippen LogP contribution in [0, 0.1) is 0 Å². The van der Waals surface area contributed by atoms with Crippen molar-refractivity contribution in [2.45, 2.75) is 11.2 Å². The standard InChI is InChI=1S/C6H10BrNO2/c7-5-1-2-8(3-5)4-6(9)10/h5H,1-4H2,(H,9,10)/t5-/m1/s1. The van der Waals surface area contributed by atoms with Crippen molar-refractivity contribution in [2.75, 3.05) is 19.6 Å². The van der Waals surface area contributed by atoms with Gasteiger partial charge >= 0.3 is 5.97 Å². The first-order valence-corrected chi connectivity index (χ1v) is 4.18. The van der Waals surface area contributed by atoms with Gasteiger partial charge in [0.15, 0.2) is 0 Å². The number of carbonyl (C=O) groups is 1. The Kier molecular flexibility index (Phi) is 2.68. The van der Waals surface area contributed by atoms with Crippen LogP contribution < -0.4 is 0 Å². The zero-order chi connectivity index (χ0) is 7.56. The van der Waals surface area contributed by atoms with Gasteiger partial charge < -0.3 is 5.11 Å². The maximum Gasteiger partial charge on any atom is 0.317 e. The second-order valence-electron chi connectivity index (χ2n) is 2.51. The van der Waals surface area contributed by atoms with Gasteiger partial charge in [-0.2, -0.15) is 0 Å². The fourth-order valence-electron chi connectivity index (χ4n) is 1.12. The van der Waals surface area contributed by atoms with E-state index in [2.05, 4.69) is 15.9 Å². The lowest BCUT2D eigenvalue weighted by Gasteiger charge is -2.09. The van der Waals surface area contributed by atoms with Crippen LogP contribution in [-0.4, -0.2) is 40.4 Å². The molecule has 1 N–H and O–H groups in total. The Morgan fingerprint density at radius 1 is 1.80 bits per heavy atom. The van der Waals surface area contributed by atoms with Crippen LogP contribution in [0.5, 0.6) is 0 Å². The number of likely N-dealkylation sites (tertiary alicyclic amines) is 1. The van der Waals surface area contributed by atoms with Crippen LogP contribution in [0.15, 0.2) is 0 Å². The van der Waals surface area contributed by atoms with Crippen molar-refractivity contribution in [1.82, 2.24) is 4.90 Å². The average Bonchev–Trinajstić information content (AvgIpc) is 2.13. The summed E-state index contributed by atoms with van der Waals surface area (Å²) in [5, 5.41) is 8.40. The molecule has 0 unspecified atom stereocenters. The van der Waals surface area contributed by atoms with E-state index in [1.807, 2.05) is 4.90 Å². The summed E-state index contributed by atoms with van der Waals surface area (Å²) >= 11 is 3.43. The van der Waals surface area contributed by atoms with Gasteiger partial charge in [-0.3, -0.25) is 9.69 Å². The Morgan fingerprint density at radius 2 is 2.50 bits per heavy atom. The zero-order valence-electron chi connectivity index (χ0n) is 5.59. The van der Waals surface area contributed by atoms with E-state index in [-0.39, 0.29) is 6.54 Å². The van der Waals surface area contributed by atoms with E-state index in [0.717, 1.165) is 19.5 Å². The van der Waals surface area contributed by atoms with Crippen LogP contribution in [0.1, 0.15) is 6.42 Å². The molecule has 4 heteroatoms. The predicted octanol–water partition coefficient (Wildman–Crippen LogP) is 0.540. The quantitative estimate of drug-likeness (QED) is 0.673. The molecule has 1 atom stereocenters. The molecule has 0 aromatic heterocycles. The minimum absolute atomic E-state index is 0.183. The van der Waals surface area contributed by atoms with Crippen molar-refractivity contribution >= 4 is 21.9 Å². The van der Waals surface area contributed by atoms with E-state index >= 15 is 0 Å². The average molecular weight is 208 g/mol. The lowest BCUT2D eigenvalue weighted by Crippen LogP contribution is -2.27. The van der Waals surface area contributed by atoms with E-state index in [9.17, 15) is 4.79 Å². The van der Waals surface area contributed by atoms with Gasteiger partial charge in [-0.25, -0.2) is 0 Å². The van der Waals surface area contributed by atoms with E-state index in [1.165, 1.54) is 0 Å². The molecule has 10 heavy (non-hydrogen) atoms. The maximum atomic E-state index is 10.2. The lowest BCUT2D eigenvalue weighted by atomic mass is 10.4. The molecule has 1 heterocycles. The van der Waals surface area contributed by atoms with Crippen LogP contribution in [-0.2, 0) is 4.79 Å². The fourth-order valence-corrected chi connectivity index (χ4v) is 1.73. The Bertz CT molecular complexity index is 140. The van der Waals surface area contributed by atoms with Gasteiger partial charge in [0.05, 0.1) is 6.54 Å². The molecule has 1 aliphatic heterocycles. The van der Waals surface area contributed by atoms with Crippen molar-refractivity contribution in [3.05, 3.63) is 0 Å². The molecule has 0 aliphatic carbocycles. The van der Waals surface area contributed by atoms with Crippen LogP contribution in [0.25, 0.3) is 0 Å². The Hall–Kier alpha value is -0.0900. The third kappa shape index (κ3) is 2.27. The summed E-state index contributed by atoms with van der Waals surface area (Å²) in [5.74, 6) is -0.735. The molecule has 0 spiro atoms. The number of hydrogen-bond donors (Lipinski definition) is 1. The highest BCUT2D eigenvalue weighted by molar-refractivity contribution is 9.09. The monoisotopic (exact) mass is 207 g/mol. The van der Waals surface area contributed by atoms with Gasteiger partial charge in [-0.15, -0.1) is 0 Å². The topological polar surface area (TPSA) is 40.5 Å². The molecule has 3 nitrogen and oxygen atoms in total. The number of rotatable bonds is 2. The molecule has 58 valence electrons. The van der Waals surface area contributed by atoms with E-state index in [1.54, 1.807) is 0 Å². The molecule has 1 aliphatic rings. The van der Waals surface area contributed by atoms with Crippen molar-refractivity contribution < 1.29 is 9.90 Å². The SMILES string of the molecule is O=C(O)CN1CC[C@@H](Br)C1. The van der Waals surface area contributed by atoms with Gasteiger partial charge in [-0.05, 0) is 13.0 Å². The Morgan fingerprint density at radius 3 is 2.90 bits per heavy atom. The Balaban J connectivity index is 2.24. The van der Waals surface area contributed by atoms with Crippen LogP contribution in [0.3, 0.4) is 0 Å². The van der Waals surface area contributed by atoms with Crippen molar-refractivity contribution in [1.29, 1.82) is 0 Å².